The molecule has 0 saturated carbocycles. The molecule has 6 heteroatoms. The van der Waals surface area contributed by atoms with Gasteiger partial charge in [0.15, 0.2) is 0 Å². The fraction of sp³-hybridized carbons (Fsp3) is 0.471. The maximum Gasteiger partial charge on any atom is 0.326 e. The lowest BCUT2D eigenvalue weighted by Crippen LogP contribution is -2.40. The van der Waals surface area contributed by atoms with Gasteiger partial charge < -0.3 is 15.3 Å². The van der Waals surface area contributed by atoms with Crippen LogP contribution in [0.2, 0.25) is 0 Å². The first-order valence-corrected chi connectivity index (χ1v) is 7.92. The van der Waals surface area contributed by atoms with Gasteiger partial charge in [0.25, 0.3) is 5.91 Å². The van der Waals surface area contributed by atoms with Gasteiger partial charge in [-0.05, 0) is 37.0 Å². The molecule has 1 fully saturated rings. The van der Waals surface area contributed by atoms with Crippen LogP contribution in [0.1, 0.15) is 48.5 Å². The van der Waals surface area contributed by atoms with Crippen molar-refractivity contribution in [2.75, 3.05) is 6.54 Å². The predicted octanol–water partition coefficient (Wildman–Crippen LogP) is 1.79. The summed E-state index contributed by atoms with van der Waals surface area (Å²) in [6, 6.07) is 6.20. The number of carboxylic acids is 1. The van der Waals surface area contributed by atoms with Gasteiger partial charge in [0.05, 0.1) is 0 Å². The third kappa shape index (κ3) is 4.31. The second-order valence-electron chi connectivity index (χ2n) is 5.72. The van der Waals surface area contributed by atoms with E-state index in [1.807, 2.05) is 6.92 Å². The maximum atomic E-state index is 12.4. The molecule has 6 nitrogen and oxygen atoms in total. The second-order valence-corrected chi connectivity index (χ2v) is 5.72. The summed E-state index contributed by atoms with van der Waals surface area (Å²) in [5.74, 6) is -1.20. The summed E-state index contributed by atoms with van der Waals surface area (Å²) >= 11 is 0. The molecule has 0 bridgehead atoms. The number of aliphatic carboxylic acids is 1. The summed E-state index contributed by atoms with van der Waals surface area (Å²) in [7, 11) is 0. The van der Waals surface area contributed by atoms with Crippen LogP contribution in [-0.4, -0.2) is 40.4 Å². The molecule has 2 amide bonds. The minimum absolute atomic E-state index is 0.00835. The van der Waals surface area contributed by atoms with E-state index in [0.29, 0.717) is 37.9 Å². The lowest BCUT2D eigenvalue weighted by Gasteiger charge is -2.21. The fourth-order valence-electron chi connectivity index (χ4n) is 2.71. The predicted molar refractivity (Wildman–Crippen MR) is 84.9 cm³/mol. The Balaban J connectivity index is 1.97. The van der Waals surface area contributed by atoms with Crippen molar-refractivity contribution in [3.63, 3.8) is 0 Å². The minimum Gasteiger partial charge on any atom is -0.480 e. The number of likely N-dealkylation sites (tertiary alicyclic amines) is 1. The number of hydrogen-bond donors (Lipinski definition) is 2. The summed E-state index contributed by atoms with van der Waals surface area (Å²) in [6.45, 7) is 2.85. The third-order valence-electron chi connectivity index (χ3n) is 3.97. The summed E-state index contributed by atoms with van der Waals surface area (Å²) in [5.41, 5.74) is 1.38. The normalized spacial score (nSPS) is 17.1. The first-order chi connectivity index (χ1) is 11.0. The van der Waals surface area contributed by atoms with Crippen LogP contribution in [0.25, 0.3) is 0 Å². The number of hydrogen-bond acceptors (Lipinski definition) is 3. The second kappa shape index (κ2) is 7.76. The van der Waals surface area contributed by atoms with E-state index in [-0.39, 0.29) is 11.8 Å². The smallest absolute Gasteiger partial charge is 0.326 e. The Labute approximate surface area is 135 Å². The van der Waals surface area contributed by atoms with Crippen LogP contribution in [0.4, 0.5) is 0 Å². The van der Waals surface area contributed by atoms with Crippen LogP contribution in [0, 0.1) is 0 Å². The van der Waals surface area contributed by atoms with E-state index in [0.717, 1.165) is 12.0 Å². The van der Waals surface area contributed by atoms with Gasteiger partial charge in [-0.2, -0.15) is 0 Å². The number of rotatable bonds is 6. The standard InChI is InChI=1S/C17H22N2O4/c1-2-4-15(20)18-11-12-6-8-13(9-7-12)16(21)19-10-3-5-14(19)17(22)23/h6-9,14H,2-5,10-11H2,1H3,(H,18,20)(H,22,23). The van der Waals surface area contributed by atoms with E-state index in [1.165, 1.54) is 4.90 Å². The minimum atomic E-state index is -0.953. The Hall–Kier alpha value is -2.37. The summed E-state index contributed by atoms with van der Waals surface area (Å²) in [5, 5.41) is 12.0. The van der Waals surface area contributed by atoms with Crippen molar-refractivity contribution >= 4 is 17.8 Å². The monoisotopic (exact) mass is 318 g/mol. The van der Waals surface area contributed by atoms with E-state index in [2.05, 4.69) is 5.32 Å². The van der Waals surface area contributed by atoms with Crippen molar-refractivity contribution < 1.29 is 19.5 Å². The Kier molecular flexibility index (Phi) is 5.73. The van der Waals surface area contributed by atoms with Crippen LogP contribution in [-0.2, 0) is 16.1 Å². The summed E-state index contributed by atoms with van der Waals surface area (Å²) < 4.78 is 0. The molecule has 0 aliphatic carbocycles. The summed E-state index contributed by atoms with van der Waals surface area (Å²) in [4.78, 5) is 36.4. The molecule has 0 spiro atoms. The first-order valence-electron chi connectivity index (χ1n) is 7.92. The number of carbonyl (C=O) groups is 3. The quantitative estimate of drug-likeness (QED) is 0.837. The van der Waals surface area contributed by atoms with Gasteiger partial charge >= 0.3 is 5.97 Å². The molecule has 1 atom stereocenters. The molecule has 124 valence electrons. The van der Waals surface area contributed by atoms with Crippen molar-refractivity contribution in [2.24, 2.45) is 0 Å². The number of nitrogens with one attached hydrogen (secondary N) is 1. The van der Waals surface area contributed by atoms with E-state index in [9.17, 15) is 14.4 Å². The van der Waals surface area contributed by atoms with Crippen LogP contribution < -0.4 is 5.32 Å². The van der Waals surface area contributed by atoms with Gasteiger partial charge in [-0.25, -0.2) is 4.79 Å². The zero-order valence-electron chi connectivity index (χ0n) is 13.2. The zero-order valence-corrected chi connectivity index (χ0v) is 13.2. The van der Waals surface area contributed by atoms with Crippen LogP contribution in [0.15, 0.2) is 24.3 Å². The van der Waals surface area contributed by atoms with Crippen LogP contribution in [0.5, 0.6) is 0 Å². The molecule has 1 unspecified atom stereocenters. The van der Waals surface area contributed by atoms with Crippen molar-refractivity contribution in [1.82, 2.24) is 10.2 Å². The third-order valence-corrected chi connectivity index (χ3v) is 3.97. The average Bonchev–Trinajstić information content (AvgIpc) is 3.03. The van der Waals surface area contributed by atoms with E-state index >= 15 is 0 Å². The van der Waals surface area contributed by atoms with Crippen molar-refractivity contribution in [3.8, 4) is 0 Å². The molecule has 1 aromatic rings. The lowest BCUT2D eigenvalue weighted by molar-refractivity contribution is -0.141. The topological polar surface area (TPSA) is 86.7 Å². The highest BCUT2D eigenvalue weighted by Crippen LogP contribution is 2.20. The highest BCUT2D eigenvalue weighted by molar-refractivity contribution is 5.97. The Morgan fingerprint density at radius 1 is 1.26 bits per heavy atom. The van der Waals surface area contributed by atoms with Crippen molar-refractivity contribution in [2.45, 2.75) is 45.2 Å². The molecule has 23 heavy (non-hydrogen) atoms. The molecule has 1 heterocycles. The Morgan fingerprint density at radius 2 is 1.96 bits per heavy atom. The average molecular weight is 318 g/mol. The maximum absolute atomic E-state index is 12.4. The molecule has 2 rings (SSSR count). The molecule has 2 N–H and O–H groups in total. The molecule has 0 aromatic heterocycles. The highest BCUT2D eigenvalue weighted by Gasteiger charge is 2.34. The lowest BCUT2D eigenvalue weighted by atomic mass is 10.1. The largest absolute Gasteiger partial charge is 0.480 e. The van der Waals surface area contributed by atoms with Crippen LogP contribution >= 0.6 is 0 Å². The molecule has 1 aliphatic heterocycles. The van der Waals surface area contributed by atoms with E-state index < -0.39 is 12.0 Å². The number of carbonyl (C=O) groups excluding carboxylic acids is 2. The van der Waals surface area contributed by atoms with E-state index in [1.54, 1.807) is 24.3 Å². The first kappa shape index (κ1) is 17.0. The molecule has 1 aromatic carbocycles. The number of benzene rings is 1. The van der Waals surface area contributed by atoms with Gasteiger partial charge in [0.1, 0.15) is 6.04 Å². The Morgan fingerprint density at radius 3 is 2.57 bits per heavy atom. The van der Waals surface area contributed by atoms with Gasteiger partial charge in [-0.1, -0.05) is 19.1 Å². The fourth-order valence-corrected chi connectivity index (χ4v) is 2.71. The van der Waals surface area contributed by atoms with Crippen LogP contribution in [0.3, 0.4) is 0 Å². The van der Waals surface area contributed by atoms with Crippen molar-refractivity contribution in [1.29, 1.82) is 0 Å². The van der Waals surface area contributed by atoms with Gasteiger partial charge in [0.2, 0.25) is 5.91 Å². The highest BCUT2D eigenvalue weighted by atomic mass is 16.4. The van der Waals surface area contributed by atoms with Gasteiger partial charge in [-0.3, -0.25) is 9.59 Å². The van der Waals surface area contributed by atoms with E-state index in [4.69, 9.17) is 5.11 Å². The molecule has 1 aliphatic rings. The number of nitrogens with zero attached hydrogens (tertiary/aromatic N) is 1. The molecular formula is C17H22N2O4. The van der Waals surface area contributed by atoms with Gasteiger partial charge in [-0.15, -0.1) is 0 Å². The Bertz CT molecular complexity index is 583. The molecular weight excluding hydrogens is 296 g/mol. The number of amides is 2. The number of carboxylic acid groups (broad SMARTS) is 1. The zero-order chi connectivity index (χ0) is 16.8. The van der Waals surface area contributed by atoms with Crippen molar-refractivity contribution in [3.05, 3.63) is 35.4 Å². The SMILES string of the molecule is CCCC(=O)NCc1ccc(C(=O)N2CCCC2C(=O)O)cc1. The summed E-state index contributed by atoms with van der Waals surface area (Å²) in [6.07, 6.45) is 2.52. The van der Waals surface area contributed by atoms with Gasteiger partial charge in [0, 0.05) is 25.1 Å². The molecule has 1 saturated heterocycles. The molecule has 0 radical (unpaired) electrons.